The summed E-state index contributed by atoms with van der Waals surface area (Å²) in [5.74, 6) is 0.510. The number of hydrogen-bond donors (Lipinski definition) is 0. The van der Waals surface area contributed by atoms with Gasteiger partial charge in [0.05, 0.1) is 24.4 Å². The first-order chi connectivity index (χ1) is 12.5. The molecule has 0 aliphatic carbocycles. The maximum Gasteiger partial charge on any atom is 0.274 e. The number of aromatic nitrogens is 3. The summed E-state index contributed by atoms with van der Waals surface area (Å²) in [7, 11) is 0. The van der Waals surface area contributed by atoms with Gasteiger partial charge < -0.3 is 14.3 Å². The highest BCUT2D eigenvalue weighted by atomic mass is 16.5. The lowest BCUT2D eigenvalue weighted by Gasteiger charge is -2.35. The second-order valence-corrected chi connectivity index (χ2v) is 7.00. The lowest BCUT2D eigenvalue weighted by atomic mass is 9.93. The molecule has 8 nitrogen and oxygen atoms in total. The standard InChI is InChI=1S/C18H21N5O3/c1-11-15(12(2)26-21-11)10-23-14-4-3-13(17(23)24)8-22(9-14)18(25)16-7-19-5-6-20-16/h5-7,13-14H,3-4,8-10H2,1-2H3/t13-,14+/m1/s1. The fraction of sp³-hybridized carbons (Fsp3) is 0.500. The van der Waals surface area contributed by atoms with E-state index in [1.807, 2.05) is 18.7 Å². The Kier molecular flexibility index (Phi) is 4.18. The van der Waals surface area contributed by atoms with Crippen LogP contribution in [0.5, 0.6) is 0 Å². The van der Waals surface area contributed by atoms with Crippen molar-refractivity contribution >= 4 is 11.8 Å². The molecule has 2 aromatic rings. The van der Waals surface area contributed by atoms with Crippen LogP contribution in [0.1, 0.15) is 40.3 Å². The predicted octanol–water partition coefficient (Wildman–Crippen LogP) is 1.34. The minimum Gasteiger partial charge on any atom is -0.361 e. The molecule has 0 radical (unpaired) electrons. The molecule has 0 N–H and O–H groups in total. The first kappa shape index (κ1) is 16.7. The normalized spacial score (nSPS) is 22.6. The molecule has 136 valence electrons. The van der Waals surface area contributed by atoms with E-state index in [0.717, 1.165) is 29.9 Å². The van der Waals surface area contributed by atoms with E-state index in [1.165, 1.54) is 18.6 Å². The second kappa shape index (κ2) is 6.51. The lowest BCUT2D eigenvalue weighted by Crippen LogP contribution is -2.47. The van der Waals surface area contributed by atoms with Crippen LogP contribution in [-0.2, 0) is 11.3 Å². The van der Waals surface area contributed by atoms with Crippen molar-refractivity contribution in [2.75, 3.05) is 13.1 Å². The molecule has 2 bridgehead atoms. The highest BCUT2D eigenvalue weighted by Crippen LogP contribution is 2.31. The van der Waals surface area contributed by atoms with E-state index in [2.05, 4.69) is 15.1 Å². The van der Waals surface area contributed by atoms with Crippen LogP contribution < -0.4 is 0 Å². The third-order valence-corrected chi connectivity index (χ3v) is 5.37. The van der Waals surface area contributed by atoms with E-state index in [9.17, 15) is 9.59 Å². The average Bonchev–Trinajstić information content (AvgIpc) is 2.82. The minimum absolute atomic E-state index is 0.00410. The molecule has 5 heterocycles. The molecular formula is C18H21N5O3. The molecule has 0 aromatic carbocycles. The lowest BCUT2D eigenvalue weighted by molar-refractivity contribution is -0.140. The number of fused-ring (bicyclic) bond motifs is 4. The summed E-state index contributed by atoms with van der Waals surface area (Å²) in [5.41, 5.74) is 2.08. The molecule has 0 saturated carbocycles. The van der Waals surface area contributed by atoms with Crippen molar-refractivity contribution < 1.29 is 14.1 Å². The van der Waals surface area contributed by atoms with Crippen LogP contribution in [0.25, 0.3) is 0 Å². The molecule has 2 aromatic heterocycles. The van der Waals surface area contributed by atoms with Crippen molar-refractivity contribution in [3.05, 3.63) is 41.3 Å². The number of hydrogen-bond acceptors (Lipinski definition) is 6. The largest absolute Gasteiger partial charge is 0.361 e. The molecule has 3 fully saturated rings. The number of carbonyl (C=O) groups is 2. The first-order valence-electron chi connectivity index (χ1n) is 8.82. The maximum absolute atomic E-state index is 13.0. The van der Waals surface area contributed by atoms with Crippen LogP contribution in [0.3, 0.4) is 0 Å². The smallest absolute Gasteiger partial charge is 0.274 e. The topological polar surface area (TPSA) is 92.4 Å². The Morgan fingerprint density at radius 1 is 1.27 bits per heavy atom. The van der Waals surface area contributed by atoms with Crippen LogP contribution in [0.2, 0.25) is 0 Å². The summed E-state index contributed by atoms with van der Waals surface area (Å²) in [6, 6.07) is -0.00410. The Balaban J connectivity index is 1.58. The van der Waals surface area contributed by atoms with E-state index in [-0.39, 0.29) is 23.8 Å². The summed E-state index contributed by atoms with van der Waals surface area (Å²) < 4.78 is 5.23. The molecule has 3 saturated heterocycles. The van der Waals surface area contributed by atoms with Crippen molar-refractivity contribution in [1.29, 1.82) is 0 Å². The summed E-state index contributed by atoms with van der Waals surface area (Å²) in [6.07, 6.45) is 6.22. The SMILES string of the molecule is Cc1noc(C)c1CN1C(=O)[C@@H]2CC[C@H]1CN(C(=O)c1cnccn1)C2. The van der Waals surface area contributed by atoms with Gasteiger partial charge in [-0.25, -0.2) is 4.98 Å². The van der Waals surface area contributed by atoms with Gasteiger partial charge in [0.2, 0.25) is 5.91 Å². The summed E-state index contributed by atoms with van der Waals surface area (Å²) in [6.45, 7) is 5.17. The van der Waals surface area contributed by atoms with Gasteiger partial charge in [-0.2, -0.15) is 0 Å². The quantitative estimate of drug-likeness (QED) is 0.825. The van der Waals surface area contributed by atoms with E-state index in [0.29, 0.717) is 25.3 Å². The monoisotopic (exact) mass is 355 g/mol. The van der Waals surface area contributed by atoms with Crippen LogP contribution in [0, 0.1) is 19.8 Å². The predicted molar refractivity (Wildman–Crippen MR) is 91.0 cm³/mol. The van der Waals surface area contributed by atoms with E-state index < -0.39 is 0 Å². The Bertz CT molecular complexity index is 815. The van der Waals surface area contributed by atoms with E-state index >= 15 is 0 Å². The number of amides is 2. The Morgan fingerprint density at radius 3 is 2.81 bits per heavy atom. The Hall–Kier alpha value is -2.77. The molecule has 2 atom stereocenters. The second-order valence-electron chi connectivity index (χ2n) is 7.00. The molecule has 0 unspecified atom stereocenters. The zero-order valence-electron chi connectivity index (χ0n) is 14.9. The zero-order valence-corrected chi connectivity index (χ0v) is 14.9. The summed E-state index contributed by atoms with van der Waals surface area (Å²) in [5, 5.41) is 3.98. The fourth-order valence-corrected chi connectivity index (χ4v) is 3.88. The van der Waals surface area contributed by atoms with Crippen molar-refractivity contribution in [2.45, 2.75) is 39.3 Å². The van der Waals surface area contributed by atoms with Crippen molar-refractivity contribution in [2.24, 2.45) is 5.92 Å². The maximum atomic E-state index is 13.0. The summed E-state index contributed by atoms with van der Waals surface area (Å²) in [4.78, 5) is 37.5. The van der Waals surface area contributed by atoms with Crippen LogP contribution in [0.4, 0.5) is 0 Å². The molecule has 3 aliphatic rings. The van der Waals surface area contributed by atoms with Gasteiger partial charge in [-0.3, -0.25) is 14.6 Å². The van der Waals surface area contributed by atoms with Gasteiger partial charge in [-0.1, -0.05) is 5.16 Å². The molecule has 26 heavy (non-hydrogen) atoms. The highest BCUT2D eigenvalue weighted by Gasteiger charge is 2.42. The number of rotatable bonds is 3. The molecule has 5 rings (SSSR count). The van der Waals surface area contributed by atoms with E-state index in [1.54, 1.807) is 4.90 Å². The average molecular weight is 355 g/mol. The fourth-order valence-electron chi connectivity index (χ4n) is 3.88. The van der Waals surface area contributed by atoms with Crippen LogP contribution in [-0.4, -0.2) is 55.9 Å². The van der Waals surface area contributed by atoms with Crippen LogP contribution in [0.15, 0.2) is 23.1 Å². The number of carbonyl (C=O) groups excluding carboxylic acids is 2. The zero-order chi connectivity index (χ0) is 18.3. The van der Waals surface area contributed by atoms with Crippen LogP contribution >= 0.6 is 0 Å². The number of piperidine rings is 1. The van der Waals surface area contributed by atoms with Crippen molar-refractivity contribution in [3.8, 4) is 0 Å². The molecule has 0 spiro atoms. The highest BCUT2D eigenvalue weighted by molar-refractivity contribution is 5.93. The first-order valence-corrected chi connectivity index (χ1v) is 8.82. The van der Waals surface area contributed by atoms with E-state index in [4.69, 9.17) is 4.52 Å². The minimum atomic E-state index is -0.171. The van der Waals surface area contributed by atoms with Gasteiger partial charge in [0, 0.05) is 37.1 Å². The molecule has 3 aliphatic heterocycles. The third-order valence-electron chi connectivity index (χ3n) is 5.37. The van der Waals surface area contributed by atoms with Gasteiger partial charge in [-0.15, -0.1) is 0 Å². The number of aryl methyl sites for hydroxylation is 2. The Labute approximate surface area is 151 Å². The molecule has 8 heteroatoms. The summed E-state index contributed by atoms with van der Waals surface area (Å²) >= 11 is 0. The van der Waals surface area contributed by atoms with Gasteiger partial charge >= 0.3 is 0 Å². The van der Waals surface area contributed by atoms with Gasteiger partial charge in [-0.05, 0) is 26.7 Å². The molecular weight excluding hydrogens is 334 g/mol. The van der Waals surface area contributed by atoms with Gasteiger partial charge in [0.15, 0.2) is 0 Å². The van der Waals surface area contributed by atoms with Crippen molar-refractivity contribution in [3.63, 3.8) is 0 Å². The van der Waals surface area contributed by atoms with Crippen molar-refractivity contribution in [1.82, 2.24) is 24.9 Å². The van der Waals surface area contributed by atoms with Gasteiger partial charge in [0.1, 0.15) is 11.5 Å². The van der Waals surface area contributed by atoms with Gasteiger partial charge in [0.25, 0.3) is 5.91 Å². The third kappa shape index (κ3) is 2.85. The number of nitrogens with zero attached hydrogens (tertiary/aromatic N) is 5. The Morgan fingerprint density at radius 2 is 2.12 bits per heavy atom. The molecule has 2 amide bonds.